The minimum Gasteiger partial charge on any atom is -0.504 e. The van der Waals surface area contributed by atoms with Crippen molar-refractivity contribution in [1.82, 2.24) is 4.98 Å². The molecule has 1 aromatic heterocycles. The third-order valence-corrected chi connectivity index (χ3v) is 6.00. The zero-order valence-electron chi connectivity index (χ0n) is 11.1. The molecule has 0 aliphatic carbocycles. The third-order valence-electron chi connectivity index (χ3n) is 2.96. The van der Waals surface area contributed by atoms with Crippen LogP contribution in [0.25, 0.3) is 20.8 Å². The predicted molar refractivity (Wildman–Crippen MR) is 93.3 cm³/mol. The van der Waals surface area contributed by atoms with Gasteiger partial charge in [0.15, 0.2) is 11.5 Å². The molecule has 0 amide bonds. The summed E-state index contributed by atoms with van der Waals surface area (Å²) in [5.74, 6) is 0.549. The van der Waals surface area contributed by atoms with E-state index in [0.717, 1.165) is 24.2 Å². The summed E-state index contributed by atoms with van der Waals surface area (Å²) in [6, 6.07) is 9.66. The number of ether oxygens (including phenoxy) is 1. The van der Waals surface area contributed by atoms with E-state index in [0.29, 0.717) is 17.9 Å². The maximum absolute atomic E-state index is 10.5. The summed E-state index contributed by atoms with van der Waals surface area (Å²) >= 11 is 8.53. The summed E-state index contributed by atoms with van der Waals surface area (Å²) in [4.78, 5) is 4.60. The first-order chi connectivity index (χ1) is 10.1. The van der Waals surface area contributed by atoms with Crippen molar-refractivity contribution in [3.8, 4) is 22.1 Å². The Morgan fingerprint density at radius 2 is 2.05 bits per heavy atom. The standard InChI is InChI=1S/C15H11Br2NO2S/c1-2-20-10-7-8(16)13(17)12(14(10)19)15-18-9-5-3-4-6-11(9)21-15/h3-7,19H,2H2,1H3. The van der Waals surface area contributed by atoms with Crippen molar-refractivity contribution >= 4 is 53.4 Å². The van der Waals surface area contributed by atoms with Gasteiger partial charge in [-0.3, -0.25) is 0 Å². The third kappa shape index (κ3) is 2.67. The Kier molecular flexibility index (Phi) is 4.19. The van der Waals surface area contributed by atoms with Crippen molar-refractivity contribution < 1.29 is 9.84 Å². The van der Waals surface area contributed by atoms with Gasteiger partial charge in [0, 0.05) is 8.95 Å². The lowest BCUT2D eigenvalue weighted by Crippen LogP contribution is -1.94. The number of hydrogen-bond donors (Lipinski definition) is 1. The van der Waals surface area contributed by atoms with Crippen LogP contribution in [-0.2, 0) is 0 Å². The fourth-order valence-corrected chi connectivity index (χ4v) is 4.08. The second kappa shape index (κ2) is 5.94. The Bertz CT molecular complexity index is 784. The smallest absolute Gasteiger partial charge is 0.169 e. The zero-order valence-corrected chi connectivity index (χ0v) is 15.0. The van der Waals surface area contributed by atoms with Gasteiger partial charge >= 0.3 is 0 Å². The van der Waals surface area contributed by atoms with Gasteiger partial charge < -0.3 is 9.84 Å². The van der Waals surface area contributed by atoms with Crippen LogP contribution < -0.4 is 4.74 Å². The maximum Gasteiger partial charge on any atom is 0.169 e. The first-order valence-electron chi connectivity index (χ1n) is 6.31. The van der Waals surface area contributed by atoms with Crippen molar-refractivity contribution in [3.63, 3.8) is 0 Å². The molecule has 3 rings (SSSR count). The molecular weight excluding hydrogens is 418 g/mol. The lowest BCUT2D eigenvalue weighted by molar-refractivity contribution is 0.318. The molecule has 1 heterocycles. The second-order valence-corrected chi connectivity index (χ2v) is 6.99. The van der Waals surface area contributed by atoms with Crippen molar-refractivity contribution in [1.29, 1.82) is 0 Å². The van der Waals surface area contributed by atoms with E-state index in [1.54, 1.807) is 6.07 Å². The number of para-hydroxylation sites is 1. The van der Waals surface area contributed by atoms with E-state index < -0.39 is 0 Å². The SMILES string of the molecule is CCOc1cc(Br)c(Br)c(-c2nc3ccccc3s2)c1O. The quantitative estimate of drug-likeness (QED) is 0.590. The van der Waals surface area contributed by atoms with Gasteiger partial charge in [0.25, 0.3) is 0 Å². The maximum atomic E-state index is 10.5. The fourth-order valence-electron chi connectivity index (χ4n) is 2.03. The van der Waals surface area contributed by atoms with E-state index in [1.165, 1.54) is 11.3 Å². The van der Waals surface area contributed by atoms with Crippen LogP contribution in [0.3, 0.4) is 0 Å². The lowest BCUT2D eigenvalue weighted by atomic mass is 10.2. The predicted octanol–water partition coefficient (Wildman–Crippen LogP) is 5.59. The molecule has 0 radical (unpaired) electrons. The van der Waals surface area contributed by atoms with Crippen LogP contribution in [0, 0.1) is 0 Å². The van der Waals surface area contributed by atoms with Crippen LogP contribution in [-0.4, -0.2) is 16.7 Å². The molecule has 108 valence electrons. The summed E-state index contributed by atoms with van der Waals surface area (Å²) in [5.41, 5.74) is 1.57. The molecule has 0 saturated carbocycles. The van der Waals surface area contributed by atoms with Crippen LogP contribution in [0.2, 0.25) is 0 Å². The molecule has 0 unspecified atom stereocenters. The minimum atomic E-state index is 0.103. The lowest BCUT2D eigenvalue weighted by Gasteiger charge is -2.12. The molecule has 3 aromatic rings. The number of nitrogens with zero attached hydrogens (tertiary/aromatic N) is 1. The second-order valence-electron chi connectivity index (χ2n) is 4.31. The molecular formula is C15H11Br2NO2S. The highest BCUT2D eigenvalue weighted by molar-refractivity contribution is 9.13. The van der Waals surface area contributed by atoms with Gasteiger partial charge in [-0.2, -0.15) is 0 Å². The number of benzene rings is 2. The summed E-state index contributed by atoms with van der Waals surface area (Å²) in [7, 11) is 0. The Labute approximate surface area is 142 Å². The average molecular weight is 429 g/mol. The molecule has 0 spiro atoms. The molecule has 21 heavy (non-hydrogen) atoms. The zero-order chi connectivity index (χ0) is 15.0. The van der Waals surface area contributed by atoms with Crippen molar-refractivity contribution in [2.24, 2.45) is 0 Å². The Hall–Kier alpha value is -1.11. The summed E-state index contributed by atoms with van der Waals surface area (Å²) in [6.07, 6.45) is 0. The first kappa shape index (κ1) is 14.8. The molecule has 6 heteroatoms. The largest absolute Gasteiger partial charge is 0.504 e. The number of fused-ring (bicyclic) bond motifs is 1. The van der Waals surface area contributed by atoms with E-state index in [2.05, 4.69) is 36.8 Å². The van der Waals surface area contributed by atoms with Crippen LogP contribution in [0.5, 0.6) is 11.5 Å². The Balaban J connectivity index is 2.25. The normalized spacial score (nSPS) is 11.0. The monoisotopic (exact) mass is 427 g/mol. The van der Waals surface area contributed by atoms with Gasteiger partial charge in [-0.25, -0.2) is 4.98 Å². The number of hydrogen-bond acceptors (Lipinski definition) is 4. The average Bonchev–Trinajstić information content (AvgIpc) is 2.88. The van der Waals surface area contributed by atoms with Gasteiger partial charge in [-0.15, -0.1) is 11.3 Å². The molecule has 1 N–H and O–H groups in total. The molecule has 0 bridgehead atoms. The molecule has 3 nitrogen and oxygen atoms in total. The van der Waals surface area contributed by atoms with E-state index in [9.17, 15) is 5.11 Å². The summed E-state index contributed by atoms with van der Waals surface area (Å²) in [6.45, 7) is 2.37. The summed E-state index contributed by atoms with van der Waals surface area (Å²) < 4.78 is 8.15. The summed E-state index contributed by atoms with van der Waals surface area (Å²) in [5, 5.41) is 11.2. The fraction of sp³-hybridized carbons (Fsp3) is 0.133. The molecule has 0 fully saturated rings. The number of thiazole rings is 1. The van der Waals surface area contributed by atoms with E-state index in [1.807, 2.05) is 31.2 Å². The first-order valence-corrected chi connectivity index (χ1v) is 8.71. The number of halogens is 2. The van der Waals surface area contributed by atoms with Crippen molar-refractivity contribution in [2.75, 3.05) is 6.61 Å². The van der Waals surface area contributed by atoms with E-state index >= 15 is 0 Å². The van der Waals surface area contributed by atoms with E-state index in [-0.39, 0.29) is 5.75 Å². The Morgan fingerprint density at radius 3 is 2.76 bits per heavy atom. The highest BCUT2D eigenvalue weighted by Crippen LogP contribution is 2.47. The highest BCUT2D eigenvalue weighted by atomic mass is 79.9. The minimum absolute atomic E-state index is 0.103. The highest BCUT2D eigenvalue weighted by Gasteiger charge is 2.20. The number of phenols is 1. The van der Waals surface area contributed by atoms with Crippen molar-refractivity contribution in [2.45, 2.75) is 6.92 Å². The van der Waals surface area contributed by atoms with Gasteiger partial charge in [0.2, 0.25) is 0 Å². The molecule has 0 atom stereocenters. The van der Waals surface area contributed by atoms with Crippen LogP contribution in [0.15, 0.2) is 39.3 Å². The number of phenolic OH excluding ortho intramolecular Hbond substituents is 1. The number of aromatic hydroxyl groups is 1. The van der Waals surface area contributed by atoms with Gasteiger partial charge in [-0.05, 0) is 57.0 Å². The van der Waals surface area contributed by atoms with Gasteiger partial charge in [-0.1, -0.05) is 12.1 Å². The van der Waals surface area contributed by atoms with Crippen LogP contribution in [0.1, 0.15) is 6.92 Å². The number of aromatic nitrogens is 1. The van der Waals surface area contributed by atoms with Crippen LogP contribution >= 0.6 is 43.2 Å². The topological polar surface area (TPSA) is 42.4 Å². The molecule has 2 aromatic carbocycles. The van der Waals surface area contributed by atoms with E-state index in [4.69, 9.17) is 4.74 Å². The number of rotatable bonds is 3. The van der Waals surface area contributed by atoms with Crippen molar-refractivity contribution in [3.05, 3.63) is 39.3 Å². The molecule has 0 aliphatic rings. The Morgan fingerprint density at radius 1 is 1.29 bits per heavy atom. The van der Waals surface area contributed by atoms with Gasteiger partial charge in [0.05, 0.1) is 22.4 Å². The van der Waals surface area contributed by atoms with Gasteiger partial charge in [0.1, 0.15) is 5.01 Å². The van der Waals surface area contributed by atoms with Crippen LogP contribution in [0.4, 0.5) is 0 Å². The molecule has 0 saturated heterocycles. The molecule has 0 aliphatic heterocycles.